The number of rotatable bonds is 5. The molecule has 2 unspecified atom stereocenters. The molecular weight excluding hydrogens is 304 g/mol. The molecule has 1 saturated heterocycles. The first-order valence-electron chi connectivity index (χ1n) is 8.24. The van der Waals surface area contributed by atoms with E-state index in [0.717, 1.165) is 36.4 Å². The van der Waals surface area contributed by atoms with Crippen LogP contribution in [0.1, 0.15) is 36.6 Å². The molecule has 0 spiro atoms. The lowest BCUT2D eigenvalue weighted by molar-refractivity contribution is -0.145. The van der Waals surface area contributed by atoms with E-state index in [2.05, 4.69) is 4.98 Å². The summed E-state index contributed by atoms with van der Waals surface area (Å²) in [5.41, 5.74) is 1.79. The van der Waals surface area contributed by atoms with Crippen LogP contribution in [0.3, 0.4) is 0 Å². The molecule has 1 N–H and O–H groups in total. The van der Waals surface area contributed by atoms with Crippen LogP contribution in [0.25, 0.3) is 0 Å². The number of pyridine rings is 1. The van der Waals surface area contributed by atoms with Gasteiger partial charge in [0.2, 0.25) is 0 Å². The second-order valence-electron chi connectivity index (χ2n) is 5.99. The summed E-state index contributed by atoms with van der Waals surface area (Å²) in [4.78, 5) is 18.4. The topological polar surface area (TPSA) is 62.7 Å². The number of benzene rings is 1. The second kappa shape index (κ2) is 7.45. The molecule has 0 saturated carbocycles. The maximum atomic E-state index is 11.8. The fraction of sp³-hybridized carbons (Fsp3) is 0.368. The fourth-order valence-corrected chi connectivity index (χ4v) is 3.47. The number of aromatic nitrogens is 1. The largest absolute Gasteiger partial charge is 0.496 e. The average Bonchev–Trinajstić information content (AvgIpc) is 2.63. The third kappa shape index (κ3) is 3.26. The van der Waals surface area contributed by atoms with E-state index in [1.807, 2.05) is 47.4 Å². The van der Waals surface area contributed by atoms with Gasteiger partial charge in [0.05, 0.1) is 18.8 Å². The molecule has 0 bridgehead atoms. The van der Waals surface area contributed by atoms with Gasteiger partial charge in [0.15, 0.2) is 0 Å². The number of nitrogens with zero attached hydrogens (tertiary/aromatic N) is 2. The first kappa shape index (κ1) is 16.5. The number of carbonyl (C=O) groups is 1. The van der Waals surface area contributed by atoms with Crippen molar-refractivity contribution in [2.24, 2.45) is 0 Å². The highest BCUT2D eigenvalue weighted by Crippen LogP contribution is 2.37. The van der Waals surface area contributed by atoms with E-state index in [4.69, 9.17) is 4.74 Å². The summed E-state index contributed by atoms with van der Waals surface area (Å²) in [7, 11) is 1.64. The summed E-state index contributed by atoms with van der Waals surface area (Å²) in [6, 6.07) is 12.8. The van der Waals surface area contributed by atoms with Gasteiger partial charge >= 0.3 is 5.97 Å². The van der Waals surface area contributed by atoms with Crippen LogP contribution < -0.4 is 4.74 Å². The normalized spacial score (nSPS) is 19.6. The van der Waals surface area contributed by atoms with Crippen LogP contribution in [0.2, 0.25) is 0 Å². The molecule has 1 aliphatic heterocycles. The zero-order valence-corrected chi connectivity index (χ0v) is 13.8. The highest BCUT2D eigenvalue weighted by molar-refractivity contribution is 5.73. The molecule has 126 valence electrons. The molecule has 0 radical (unpaired) electrons. The fourth-order valence-electron chi connectivity index (χ4n) is 3.47. The Labute approximate surface area is 141 Å². The van der Waals surface area contributed by atoms with Crippen LogP contribution in [-0.4, -0.2) is 40.7 Å². The van der Waals surface area contributed by atoms with Crippen molar-refractivity contribution in [1.82, 2.24) is 9.88 Å². The molecule has 24 heavy (non-hydrogen) atoms. The van der Waals surface area contributed by atoms with Crippen molar-refractivity contribution in [3.63, 3.8) is 0 Å². The van der Waals surface area contributed by atoms with Crippen LogP contribution in [0.15, 0.2) is 48.7 Å². The van der Waals surface area contributed by atoms with Gasteiger partial charge < -0.3 is 9.84 Å². The Balaban J connectivity index is 2.10. The number of carboxylic acids is 1. The minimum atomic E-state index is -0.773. The number of para-hydroxylation sites is 1. The smallest absolute Gasteiger partial charge is 0.320 e. The predicted octanol–water partition coefficient (Wildman–Crippen LogP) is 3.12. The Bertz CT molecular complexity index is 690. The molecule has 1 aliphatic rings. The van der Waals surface area contributed by atoms with E-state index in [9.17, 15) is 9.90 Å². The van der Waals surface area contributed by atoms with E-state index in [1.54, 1.807) is 13.3 Å². The first-order chi connectivity index (χ1) is 11.7. The zero-order chi connectivity index (χ0) is 16.9. The molecule has 5 nitrogen and oxygen atoms in total. The molecule has 2 heterocycles. The number of piperidine rings is 1. The van der Waals surface area contributed by atoms with Gasteiger partial charge in [0, 0.05) is 11.8 Å². The van der Waals surface area contributed by atoms with Crippen molar-refractivity contribution in [2.75, 3.05) is 13.7 Å². The lowest BCUT2D eigenvalue weighted by Crippen LogP contribution is -2.47. The summed E-state index contributed by atoms with van der Waals surface area (Å²) < 4.78 is 5.53. The van der Waals surface area contributed by atoms with Crippen molar-refractivity contribution in [3.05, 3.63) is 59.9 Å². The third-order valence-electron chi connectivity index (χ3n) is 4.56. The summed E-state index contributed by atoms with van der Waals surface area (Å²) in [6.45, 7) is 0.732. The van der Waals surface area contributed by atoms with Crippen LogP contribution in [-0.2, 0) is 4.79 Å². The number of hydrogen-bond acceptors (Lipinski definition) is 4. The average molecular weight is 326 g/mol. The Morgan fingerprint density at radius 2 is 2.04 bits per heavy atom. The zero-order valence-electron chi connectivity index (χ0n) is 13.8. The standard InChI is InChI=1S/C19H22N2O3/c1-24-17-11-3-2-8-14(17)18(15-9-4-6-12-20-15)21-13-7-5-10-16(21)19(22)23/h2-4,6,8-9,11-12,16,18H,5,7,10,13H2,1H3,(H,22,23). The van der Waals surface area contributed by atoms with Gasteiger partial charge in [-0.3, -0.25) is 14.7 Å². The van der Waals surface area contributed by atoms with E-state index < -0.39 is 12.0 Å². The summed E-state index contributed by atoms with van der Waals surface area (Å²) in [5.74, 6) is -0.0200. The second-order valence-corrected chi connectivity index (χ2v) is 5.99. The van der Waals surface area contributed by atoms with E-state index >= 15 is 0 Å². The number of ether oxygens (including phenoxy) is 1. The van der Waals surface area contributed by atoms with Gasteiger partial charge in [-0.05, 0) is 37.6 Å². The molecule has 1 fully saturated rings. The number of carboxylic acid groups (broad SMARTS) is 1. The lowest BCUT2D eigenvalue weighted by Gasteiger charge is -2.39. The van der Waals surface area contributed by atoms with Gasteiger partial charge in [-0.15, -0.1) is 0 Å². The monoisotopic (exact) mass is 326 g/mol. The quantitative estimate of drug-likeness (QED) is 0.914. The van der Waals surface area contributed by atoms with Crippen molar-refractivity contribution >= 4 is 5.97 Å². The summed E-state index contributed by atoms with van der Waals surface area (Å²) in [6.07, 6.45) is 4.34. The summed E-state index contributed by atoms with van der Waals surface area (Å²) in [5, 5.41) is 9.68. The van der Waals surface area contributed by atoms with Gasteiger partial charge in [0.25, 0.3) is 0 Å². The van der Waals surface area contributed by atoms with Crippen molar-refractivity contribution < 1.29 is 14.6 Å². The van der Waals surface area contributed by atoms with E-state index in [-0.39, 0.29) is 6.04 Å². The highest BCUT2D eigenvalue weighted by Gasteiger charge is 2.36. The van der Waals surface area contributed by atoms with Gasteiger partial charge in [-0.2, -0.15) is 0 Å². The van der Waals surface area contributed by atoms with Crippen LogP contribution in [0.4, 0.5) is 0 Å². The van der Waals surface area contributed by atoms with Crippen molar-refractivity contribution in [2.45, 2.75) is 31.3 Å². The van der Waals surface area contributed by atoms with Crippen LogP contribution in [0, 0.1) is 0 Å². The van der Waals surface area contributed by atoms with Gasteiger partial charge in [-0.25, -0.2) is 0 Å². The predicted molar refractivity (Wildman–Crippen MR) is 91.1 cm³/mol. The molecule has 5 heteroatoms. The number of methoxy groups -OCH3 is 1. The number of hydrogen-bond donors (Lipinski definition) is 1. The van der Waals surface area contributed by atoms with Crippen LogP contribution in [0.5, 0.6) is 5.75 Å². The molecule has 0 aliphatic carbocycles. The maximum absolute atomic E-state index is 11.8. The minimum Gasteiger partial charge on any atom is -0.496 e. The number of aliphatic carboxylic acids is 1. The molecule has 2 aromatic rings. The molecule has 1 aromatic carbocycles. The molecule has 3 rings (SSSR count). The highest BCUT2D eigenvalue weighted by atomic mass is 16.5. The molecule has 0 amide bonds. The van der Waals surface area contributed by atoms with Gasteiger partial charge in [0.1, 0.15) is 11.8 Å². The van der Waals surface area contributed by atoms with Crippen LogP contribution >= 0.6 is 0 Å². The van der Waals surface area contributed by atoms with Gasteiger partial charge in [-0.1, -0.05) is 30.7 Å². The SMILES string of the molecule is COc1ccccc1C(c1ccccn1)N1CCCCC1C(=O)O. The Kier molecular flexibility index (Phi) is 5.11. The lowest BCUT2D eigenvalue weighted by atomic mass is 9.93. The molecular formula is C19H22N2O3. The number of likely N-dealkylation sites (tertiary alicyclic amines) is 1. The van der Waals surface area contributed by atoms with E-state index in [1.165, 1.54) is 0 Å². The first-order valence-corrected chi connectivity index (χ1v) is 8.24. The minimum absolute atomic E-state index is 0.233. The Morgan fingerprint density at radius 3 is 2.75 bits per heavy atom. The Hall–Kier alpha value is -2.40. The van der Waals surface area contributed by atoms with Crippen molar-refractivity contribution in [1.29, 1.82) is 0 Å². The third-order valence-corrected chi connectivity index (χ3v) is 4.56. The van der Waals surface area contributed by atoms with Crippen molar-refractivity contribution in [3.8, 4) is 5.75 Å². The van der Waals surface area contributed by atoms with E-state index in [0.29, 0.717) is 6.42 Å². The molecule has 1 aromatic heterocycles. The maximum Gasteiger partial charge on any atom is 0.320 e. The summed E-state index contributed by atoms with van der Waals surface area (Å²) >= 11 is 0. The Morgan fingerprint density at radius 1 is 1.25 bits per heavy atom. The molecule has 2 atom stereocenters.